The van der Waals surface area contributed by atoms with Gasteiger partial charge in [0.2, 0.25) is 0 Å². The van der Waals surface area contributed by atoms with Gasteiger partial charge in [-0.15, -0.1) is 0 Å². The number of methoxy groups -OCH3 is 1. The lowest BCUT2D eigenvalue weighted by molar-refractivity contribution is 0.332. The lowest BCUT2D eigenvalue weighted by atomic mass is 9.63. The Labute approximate surface area is 149 Å². The second-order valence-corrected chi connectivity index (χ2v) is 8.50. The van der Waals surface area contributed by atoms with E-state index in [1.165, 1.54) is 24.0 Å². The molecule has 130 valence electrons. The highest BCUT2D eigenvalue weighted by atomic mass is 16.5. The zero-order valence-corrected chi connectivity index (χ0v) is 15.7. The number of H-pyrrole nitrogens is 1. The molecule has 0 radical (unpaired) electrons. The van der Waals surface area contributed by atoms with Crippen LogP contribution in [0.15, 0.2) is 36.4 Å². The van der Waals surface area contributed by atoms with Crippen LogP contribution in [-0.2, 0) is 10.8 Å². The zero-order chi connectivity index (χ0) is 17.8. The molecule has 0 spiro atoms. The molecule has 0 saturated heterocycles. The van der Waals surface area contributed by atoms with Crippen LogP contribution in [0.1, 0.15) is 51.7 Å². The van der Waals surface area contributed by atoms with E-state index in [0.29, 0.717) is 0 Å². The number of hydrogen-bond acceptors (Lipinski definition) is 2. The summed E-state index contributed by atoms with van der Waals surface area (Å²) in [5, 5.41) is 0. The Morgan fingerprint density at radius 1 is 0.920 bits per heavy atom. The summed E-state index contributed by atoms with van der Waals surface area (Å²) in [6.07, 6.45) is 2.44. The number of nitrogens with one attached hydrogen (secondary N) is 1. The van der Waals surface area contributed by atoms with Crippen molar-refractivity contribution in [3.8, 4) is 17.1 Å². The predicted molar refractivity (Wildman–Crippen MR) is 103 cm³/mol. The molecule has 2 aromatic carbocycles. The standard InChI is InChI=1S/C22H26N2O/c1-21(2)10-11-22(3,4)17-13-19-18(12-16(17)21)23-20(24-19)14-6-8-15(25-5)9-7-14/h6-9,12-13H,10-11H2,1-5H3,(H,23,24). The smallest absolute Gasteiger partial charge is 0.138 e. The Kier molecular flexibility index (Phi) is 3.47. The van der Waals surface area contributed by atoms with Crippen molar-refractivity contribution in [1.29, 1.82) is 0 Å². The molecule has 0 atom stereocenters. The van der Waals surface area contributed by atoms with Crippen LogP contribution >= 0.6 is 0 Å². The van der Waals surface area contributed by atoms with E-state index in [4.69, 9.17) is 9.72 Å². The third kappa shape index (κ3) is 2.62. The topological polar surface area (TPSA) is 37.9 Å². The van der Waals surface area contributed by atoms with E-state index in [1.807, 2.05) is 24.3 Å². The Balaban J connectivity index is 1.86. The first-order valence-electron chi connectivity index (χ1n) is 8.99. The van der Waals surface area contributed by atoms with Gasteiger partial charge >= 0.3 is 0 Å². The highest BCUT2D eigenvalue weighted by molar-refractivity contribution is 5.82. The third-order valence-electron chi connectivity index (χ3n) is 5.82. The van der Waals surface area contributed by atoms with Crippen molar-refractivity contribution in [1.82, 2.24) is 9.97 Å². The van der Waals surface area contributed by atoms with Crippen LogP contribution < -0.4 is 4.74 Å². The van der Waals surface area contributed by atoms with Crippen molar-refractivity contribution in [2.75, 3.05) is 7.11 Å². The zero-order valence-electron chi connectivity index (χ0n) is 15.7. The van der Waals surface area contributed by atoms with Crippen LogP contribution in [0, 0.1) is 0 Å². The molecule has 1 aliphatic rings. The lowest BCUT2D eigenvalue weighted by Gasteiger charge is -2.41. The summed E-state index contributed by atoms with van der Waals surface area (Å²) in [6, 6.07) is 12.7. The first-order valence-corrected chi connectivity index (χ1v) is 8.99. The van der Waals surface area contributed by atoms with Crippen LogP contribution in [-0.4, -0.2) is 17.1 Å². The van der Waals surface area contributed by atoms with Crippen molar-refractivity contribution in [3.05, 3.63) is 47.5 Å². The van der Waals surface area contributed by atoms with Crippen molar-refractivity contribution >= 4 is 11.0 Å². The fourth-order valence-corrected chi connectivity index (χ4v) is 3.96. The summed E-state index contributed by atoms with van der Waals surface area (Å²) < 4.78 is 5.25. The van der Waals surface area contributed by atoms with Crippen molar-refractivity contribution in [3.63, 3.8) is 0 Å². The van der Waals surface area contributed by atoms with E-state index in [1.54, 1.807) is 7.11 Å². The molecule has 25 heavy (non-hydrogen) atoms. The lowest BCUT2D eigenvalue weighted by Crippen LogP contribution is -2.33. The Morgan fingerprint density at radius 2 is 1.52 bits per heavy atom. The molecule has 1 aliphatic carbocycles. The van der Waals surface area contributed by atoms with Crippen molar-refractivity contribution in [2.45, 2.75) is 51.4 Å². The van der Waals surface area contributed by atoms with Crippen molar-refractivity contribution < 1.29 is 4.74 Å². The molecule has 4 rings (SSSR count). The van der Waals surface area contributed by atoms with Gasteiger partial charge in [-0.05, 0) is 71.2 Å². The maximum atomic E-state index is 5.25. The molecule has 3 aromatic rings. The van der Waals surface area contributed by atoms with Gasteiger partial charge in [0.05, 0.1) is 18.1 Å². The maximum absolute atomic E-state index is 5.25. The molecular formula is C22H26N2O. The molecule has 0 unspecified atom stereocenters. The number of rotatable bonds is 2. The van der Waals surface area contributed by atoms with Gasteiger partial charge in [0.1, 0.15) is 11.6 Å². The molecule has 0 aliphatic heterocycles. The molecule has 1 heterocycles. The average Bonchev–Trinajstić information content (AvgIpc) is 3.01. The van der Waals surface area contributed by atoms with E-state index in [9.17, 15) is 0 Å². The van der Waals surface area contributed by atoms with Gasteiger partial charge in [0, 0.05) is 5.56 Å². The van der Waals surface area contributed by atoms with E-state index >= 15 is 0 Å². The number of benzene rings is 2. The van der Waals surface area contributed by atoms with Gasteiger partial charge in [0.25, 0.3) is 0 Å². The Hall–Kier alpha value is -2.29. The van der Waals surface area contributed by atoms with Crippen LogP contribution in [0.2, 0.25) is 0 Å². The molecule has 3 nitrogen and oxygen atoms in total. The summed E-state index contributed by atoms with van der Waals surface area (Å²) in [7, 11) is 1.68. The van der Waals surface area contributed by atoms with Crippen LogP contribution in [0.3, 0.4) is 0 Å². The van der Waals surface area contributed by atoms with E-state index in [-0.39, 0.29) is 10.8 Å². The number of aromatic nitrogens is 2. The minimum atomic E-state index is 0.207. The van der Waals surface area contributed by atoms with Gasteiger partial charge in [0.15, 0.2) is 0 Å². The quantitative estimate of drug-likeness (QED) is 0.663. The van der Waals surface area contributed by atoms with Gasteiger partial charge in [-0.1, -0.05) is 27.7 Å². The summed E-state index contributed by atoms with van der Waals surface area (Å²) >= 11 is 0. The third-order valence-corrected chi connectivity index (χ3v) is 5.82. The van der Waals surface area contributed by atoms with Crippen LogP contribution in [0.25, 0.3) is 22.4 Å². The molecular weight excluding hydrogens is 308 g/mol. The first kappa shape index (κ1) is 16.2. The molecule has 0 fully saturated rings. The molecule has 0 amide bonds. The van der Waals surface area contributed by atoms with E-state index < -0.39 is 0 Å². The number of hydrogen-bond donors (Lipinski definition) is 1. The minimum absolute atomic E-state index is 0.207. The number of imidazole rings is 1. The fourth-order valence-electron chi connectivity index (χ4n) is 3.96. The molecule has 0 saturated carbocycles. The first-order chi connectivity index (χ1) is 11.8. The summed E-state index contributed by atoms with van der Waals surface area (Å²) in [6.45, 7) is 9.41. The second-order valence-electron chi connectivity index (χ2n) is 8.50. The summed E-state index contributed by atoms with van der Waals surface area (Å²) in [4.78, 5) is 8.38. The van der Waals surface area contributed by atoms with Crippen molar-refractivity contribution in [2.24, 2.45) is 0 Å². The molecule has 0 bridgehead atoms. The van der Waals surface area contributed by atoms with Gasteiger partial charge in [-0.3, -0.25) is 0 Å². The Morgan fingerprint density at radius 3 is 2.12 bits per heavy atom. The van der Waals surface area contributed by atoms with Gasteiger partial charge < -0.3 is 9.72 Å². The largest absolute Gasteiger partial charge is 0.497 e. The van der Waals surface area contributed by atoms with Gasteiger partial charge in [-0.2, -0.15) is 0 Å². The molecule has 1 N–H and O–H groups in total. The van der Waals surface area contributed by atoms with Crippen LogP contribution in [0.4, 0.5) is 0 Å². The number of nitrogens with zero attached hydrogens (tertiary/aromatic N) is 1. The van der Waals surface area contributed by atoms with E-state index in [2.05, 4.69) is 44.8 Å². The SMILES string of the molecule is COc1ccc(-c2nc3cc4c(cc3[nH]2)C(C)(C)CCC4(C)C)cc1. The minimum Gasteiger partial charge on any atom is -0.497 e. The average molecular weight is 334 g/mol. The number of ether oxygens (including phenoxy) is 1. The molecule has 3 heteroatoms. The summed E-state index contributed by atoms with van der Waals surface area (Å²) in [5.41, 5.74) is 6.58. The number of fused-ring (bicyclic) bond motifs is 2. The van der Waals surface area contributed by atoms with Gasteiger partial charge in [-0.25, -0.2) is 4.98 Å². The highest BCUT2D eigenvalue weighted by Gasteiger charge is 2.37. The van der Waals surface area contributed by atoms with Crippen LogP contribution in [0.5, 0.6) is 5.75 Å². The fraction of sp³-hybridized carbons (Fsp3) is 0.409. The maximum Gasteiger partial charge on any atom is 0.138 e. The highest BCUT2D eigenvalue weighted by Crippen LogP contribution is 2.46. The second kappa shape index (κ2) is 5.35. The molecule has 1 aromatic heterocycles. The Bertz CT molecular complexity index is 880. The number of aromatic amines is 1. The normalized spacial score (nSPS) is 18.1. The predicted octanol–water partition coefficient (Wildman–Crippen LogP) is 5.59. The van der Waals surface area contributed by atoms with E-state index in [0.717, 1.165) is 28.2 Å². The summed E-state index contributed by atoms with van der Waals surface area (Å²) in [5.74, 6) is 1.77. The monoisotopic (exact) mass is 334 g/mol.